The Balaban J connectivity index is 3.84. The number of carbonyl (C=O) groups is 1. The summed E-state index contributed by atoms with van der Waals surface area (Å²) in [6.07, 6.45) is 2.53. The van der Waals surface area contributed by atoms with Gasteiger partial charge in [-0.2, -0.15) is 8.78 Å². The molecule has 0 aliphatic rings. The number of alkyl halides is 2. The van der Waals surface area contributed by atoms with E-state index in [4.69, 9.17) is 0 Å². The topological polar surface area (TPSA) is 26.3 Å². The number of esters is 1. The summed E-state index contributed by atoms with van der Waals surface area (Å²) in [7, 11) is -1.62. The number of unbranched alkanes of at least 4 members (excludes halogenated alkanes) is 2. The van der Waals surface area contributed by atoms with Gasteiger partial charge in [-0.05, 0) is 27.7 Å². The van der Waals surface area contributed by atoms with Crippen LogP contribution in [0.4, 0.5) is 8.78 Å². The summed E-state index contributed by atoms with van der Waals surface area (Å²) in [6.45, 7) is 4.82. The second-order valence-electron chi connectivity index (χ2n) is 3.28. The van der Waals surface area contributed by atoms with Gasteiger partial charge in [0.25, 0.3) is 0 Å². The molecule has 0 amide bonds. The van der Waals surface area contributed by atoms with E-state index in [2.05, 4.69) is 4.74 Å². The molecule has 0 aliphatic carbocycles. The first-order valence-corrected chi connectivity index (χ1v) is 6.89. The number of hydrogen-bond acceptors (Lipinski definition) is 2. The molecule has 2 nitrogen and oxygen atoms in total. The van der Waals surface area contributed by atoms with Crippen molar-refractivity contribution in [3.8, 4) is 0 Å². The summed E-state index contributed by atoms with van der Waals surface area (Å²) in [6, 6.07) is 0. The van der Waals surface area contributed by atoms with Gasteiger partial charge in [-0.3, -0.25) is 0 Å². The van der Waals surface area contributed by atoms with Crippen LogP contribution in [0.5, 0.6) is 0 Å². The largest absolute Gasteiger partial charge is 0.461 e. The maximum atomic E-state index is 13.0. The highest BCUT2D eigenvalue weighted by Gasteiger charge is 2.43. The molecule has 0 aliphatic heterocycles. The summed E-state index contributed by atoms with van der Waals surface area (Å²) in [4.78, 5) is 10.9. The maximum absolute atomic E-state index is 13.0. The molecule has 0 unspecified atom stereocenters. The van der Waals surface area contributed by atoms with Crippen LogP contribution in [-0.2, 0) is 9.53 Å². The molecule has 0 N–H and O–H groups in total. The second kappa shape index (κ2) is 6.28. The maximum Gasteiger partial charge on any atom is 0.381 e. The van der Waals surface area contributed by atoms with Crippen molar-refractivity contribution >= 4 is 13.9 Å². The van der Waals surface area contributed by atoms with Crippen molar-refractivity contribution in [2.24, 2.45) is 0 Å². The monoisotopic (exact) mass is 226 g/mol. The summed E-state index contributed by atoms with van der Waals surface area (Å²) in [5, 5.41) is 0. The first kappa shape index (κ1) is 13.8. The lowest BCUT2D eigenvalue weighted by molar-refractivity contribution is -0.160. The third-order valence-electron chi connectivity index (χ3n) is 1.79. The van der Waals surface area contributed by atoms with Gasteiger partial charge in [0, 0.05) is 0 Å². The van der Waals surface area contributed by atoms with E-state index in [-0.39, 0.29) is 6.61 Å². The number of halogens is 2. The molecule has 0 radical (unpaired) electrons. The average molecular weight is 226 g/mol. The molecule has 14 heavy (non-hydrogen) atoms. The van der Waals surface area contributed by atoms with Gasteiger partial charge in [0.15, 0.2) is 0 Å². The van der Waals surface area contributed by atoms with Gasteiger partial charge in [-0.25, -0.2) is 4.79 Å². The molecule has 0 aromatic carbocycles. The fraction of sp³-hybridized carbons (Fsp3) is 0.889. The summed E-state index contributed by atoms with van der Waals surface area (Å²) in [5.41, 5.74) is -3.29. The zero-order valence-corrected chi connectivity index (χ0v) is 9.74. The molecule has 84 valence electrons. The lowest BCUT2D eigenvalue weighted by atomic mass is 10.3. The lowest BCUT2D eigenvalue weighted by Crippen LogP contribution is -2.28. The smallest absolute Gasteiger partial charge is 0.381 e. The molecular formula is C9H17F2O2P. The highest BCUT2D eigenvalue weighted by molar-refractivity contribution is 7.58. The fourth-order valence-corrected chi connectivity index (χ4v) is 1.22. The van der Waals surface area contributed by atoms with Gasteiger partial charge in [0.1, 0.15) is 0 Å². The van der Waals surface area contributed by atoms with E-state index < -0.39 is 19.6 Å². The van der Waals surface area contributed by atoms with Gasteiger partial charge in [-0.15, -0.1) is 0 Å². The molecular weight excluding hydrogens is 209 g/mol. The van der Waals surface area contributed by atoms with Crippen molar-refractivity contribution in [2.45, 2.75) is 31.8 Å². The molecule has 0 spiro atoms. The van der Waals surface area contributed by atoms with E-state index in [1.54, 1.807) is 0 Å². The third kappa shape index (κ3) is 4.32. The summed E-state index contributed by atoms with van der Waals surface area (Å²) < 4.78 is 30.5. The van der Waals surface area contributed by atoms with Gasteiger partial charge in [0.05, 0.1) is 6.61 Å². The Kier molecular flexibility index (Phi) is 6.17. The van der Waals surface area contributed by atoms with E-state index in [0.29, 0.717) is 6.42 Å². The SMILES string of the molecule is CCCCCOC(=O)C(F)(F)P(C)C. The number of rotatable bonds is 6. The van der Waals surface area contributed by atoms with E-state index >= 15 is 0 Å². The molecule has 0 saturated heterocycles. The predicted octanol–water partition coefficient (Wildman–Crippen LogP) is 3.05. The number of hydrogen-bond donors (Lipinski definition) is 0. The van der Waals surface area contributed by atoms with Crippen LogP contribution in [0.1, 0.15) is 26.2 Å². The molecule has 0 bridgehead atoms. The van der Waals surface area contributed by atoms with Crippen LogP contribution in [0.3, 0.4) is 0 Å². The van der Waals surface area contributed by atoms with Crippen LogP contribution < -0.4 is 0 Å². The Hall–Kier alpha value is -0.240. The normalized spacial score (nSPS) is 11.9. The van der Waals surface area contributed by atoms with Crippen molar-refractivity contribution in [1.29, 1.82) is 0 Å². The molecule has 0 aromatic rings. The first-order valence-electron chi connectivity index (χ1n) is 4.65. The van der Waals surface area contributed by atoms with Crippen molar-refractivity contribution in [3.63, 3.8) is 0 Å². The minimum atomic E-state index is -3.29. The Bertz CT molecular complexity index is 184. The molecule has 0 heterocycles. The van der Waals surface area contributed by atoms with E-state index in [0.717, 1.165) is 12.8 Å². The van der Waals surface area contributed by atoms with Crippen molar-refractivity contribution in [2.75, 3.05) is 19.9 Å². The Morgan fingerprint density at radius 1 is 1.36 bits per heavy atom. The quantitative estimate of drug-likeness (QED) is 0.395. The average Bonchev–Trinajstić information content (AvgIpc) is 2.11. The van der Waals surface area contributed by atoms with E-state index in [1.165, 1.54) is 13.3 Å². The van der Waals surface area contributed by atoms with Gasteiger partial charge in [-0.1, -0.05) is 19.8 Å². The highest BCUT2D eigenvalue weighted by atomic mass is 31.1. The Labute approximate surface area is 84.8 Å². The van der Waals surface area contributed by atoms with Crippen molar-refractivity contribution in [3.05, 3.63) is 0 Å². The molecule has 0 atom stereocenters. The standard InChI is InChI=1S/C9H17F2O2P/c1-4-5-6-7-13-8(12)9(10,11)14(2)3/h4-7H2,1-3H3. The van der Waals surface area contributed by atoms with E-state index in [9.17, 15) is 13.6 Å². The first-order chi connectivity index (χ1) is 6.42. The third-order valence-corrected chi connectivity index (χ3v) is 3.09. The summed E-state index contributed by atoms with van der Waals surface area (Å²) in [5.74, 6) is -1.37. The highest BCUT2D eigenvalue weighted by Crippen LogP contribution is 2.46. The molecule has 5 heteroatoms. The predicted molar refractivity (Wildman–Crippen MR) is 54.2 cm³/mol. The van der Waals surface area contributed by atoms with Gasteiger partial charge >= 0.3 is 11.6 Å². The molecule has 0 saturated carbocycles. The van der Waals surface area contributed by atoms with Gasteiger partial charge in [0.2, 0.25) is 0 Å². The lowest BCUT2D eigenvalue weighted by Gasteiger charge is -2.18. The Morgan fingerprint density at radius 2 is 1.93 bits per heavy atom. The summed E-state index contributed by atoms with van der Waals surface area (Å²) >= 11 is 0. The Morgan fingerprint density at radius 3 is 2.36 bits per heavy atom. The van der Waals surface area contributed by atoms with Crippen LogP contribution >= 0.6 is 7.92 Å². The molecule has 0 rings (SSSR count). The van der Waals surface area contributed by atoms with Crippen molar-refractivity contribution in [1.82, 2.24) is 0 Å². The minimum absolute atomic E-state index is 0.103. The zero-order valence-electron chi connectivity index (χ0n) is 8.85. The van der Waals surface area contributed by atoms with Crippen LogP contribution in [-0.4, -0.2) is 31.6 Å². The molecule has 0 aromatic heterocycles. The zero-order chi connectivity index (χ0) is 11.2. The van der Waals surface area contributed by atoms with Crippen LogP contribution in [0.25, 0.3) is 0 Å². The molecule has 0 fully saturated rings. The second-order valence-corrected chi connectivity index (χ2v) is 5.63. The fourth-order valence-electron chi connectivity index (χ4n) is 0.786. The van der Waals surface area contributed by atoms with Gasteiger partial charge < -0.3 is 4.74 Å². The van der Waals surface area contributed by atoms with E-state index in [1.807, 2.05) is 6.92 Å². The van der Waals surface area contributed by atoms with Crippen LogP contribution in [0.15, 0.2) is 0 Å². The number of ether oxygens (including phenoxy) is 1. The van der Waals surface area contributed by atoms with Crippen molar-refractivity contribution < 1.29 is 18.3 Å². The van der Waals surface area contributed by atoms with Crippen LogP contribution in [0, 0.1) is 0 Å². The number of carbonyl (C=O) groups excluding carboxylic acids is 1. The van der Waals surface area contributed by atoms with Crippen LogP contribution in [0.2, 0.25) is 0 Å². The minimum Gasteiger partial charge on any atom is -0.461 e.